The molecule has 1 unspecified atom stereocenters. The van der Waals surface area contributed by atoms with Crippen molar-refractivity contribution < 1.29 is 9.59 Å². The molecule has 0 spiro atoms. The molecule has 0 aromatic heterocycles. The Morgan fingerprint density at radius 2 is 2.04 bits per heavy atom. The number of nitrogens with zero attached hydrogens (tertiary/aromatic N) is 1. The molecule has 1 saturated heterocycles. The predicted molar refractivity (Wildman–Crippen MR) is 94.3 cm³/mol. The van der Waals surface area contributed by atoms with Crippen molar-refractivity contribution in [3.8, 4) is 0 Å². The Hall–Kier alpha value is -1.30. The average molecular weight is 360 g/mol. The second-order valence-electron chi connectivity index (χ2n) is 5.52. The first kappa shape index (κ1) is 19.7. The van der Waals surface area contributed by atoms with Gasteiger partial charge in [0.05, 0.1) is 0 Å². The average Bonchev–Trinajstić information content (AvgIpc) is 3.05. The molecule has 0 bridgehead atoms. The highest BCUT2D eigenvalue weighted by Crippen LogP contribution is 2.10. The van der Waals surface area contributed by atoms with E-state index in [-0.39, 0.29) is 24.2 Å². The topological polar surface area (TPSA) is 61.4 Å². The van der Waals surface area contributed by atoms with Crippen molar-refractivity contribution in [2.75, 3.05) is 26.7 Å². The number of hydrogen-bond donors (Lipinski definition) is 2. The SMILES string of the molecule is CN(C(=O)CCCNC(=O)c1ccc(Cl)cc1)C1CCNC1.Cl. The Morgan fingerprint density at radius 1 is 1.35 bits per heavy atom. The molecule has 2 N–H and O–H groups in total. The van der Waals surface area contributed by atoms with Gasteiger partial charge in [-0.3, -0.25) is 9.59 Å². The number of hydrogen-bond acceptors (Lipinski definition) is 3. The summed E-state index contributed by atoms with van der Waals surface area (Å²) in [5.41, 5.74) is 0.574. The Labute approximate surface area is 148 Å². The monoisotopic (exact) mass is 359 g/mol. The number of nitrogens with one attached hydrogen (secondary N) is 2. The zero-order valence-corrected chi connectivity index (χ0v) is 14.8. The first-order valence-corrected chi connectivity index (χ1v) is 7.96. The molecule has 0 aliphatic carbocycles. The third kappa shape index (κ3) is 6.01. The minimum absolute atomic E-state index is 0. The van der Waals surface area contributed by atoms with Crippen molar-refractivity contribution in [2.24, 2.45) is 0 Å². The van der Waals surface area contributed by atoms with E-state index < -0.39 is 0 Å². The van der Waals surface area contributed by atoms with E-state index in [1.807, 2.05) is 11.9 Å². The van der Waals surface area contributed by atoms with Crippen LogP contribution >= 0.6 is 24.0 Å². The number of carbonyl (C=O) groups is 2. The second-order valence-corrected chi connectivity index (χ2v) is 5.95. The van der Waals surface area contributed by atoms with Crippen molar-refractivity contribution in [3.63, 3.8) is 0 Å². The third-order valence-corrected chi connectivity index (χ3v) is 4.19. The van der Waals surface area contributed by atoms with Crippen molar-refractivity contribution in [1.29, 1.82) is 0 Å². The van der Waals surface area contributed by atoms with Crippen LogP contribution in [0.1, 0.15) is 29.6 Å². The lowest BCUT2D eigenvalue weighted by Crippen LogP contribution is -2.38. The number of carbonyl (C=O) groups excluding carboxylic acids is 2. The van der Waals surface area contributed by atoms with E-state index in [1.165, 1.54) is 0 Å². The third-order valence-electron chi connectivity index (χ3n) is 3.93. The summed E-state index contributed by atoms with van der Waals surface area (Å²) in [4.78, 5) is 25.8. The van der Waals surface area contributed by atoms with E-state index in [4.69, 9.17) is 11.6 Å². The molecule has 1 heterocycles. The van der Waals surface area contributed by atoms with Gasteiger partial charge in [-0.1, -0.05) is 11.6 Å². The molecule has 2 amide bonds. The quantitative estimate of drug-likeness (QED) is 0.764. The normalized spacial score (nSPS) is 16.5. The van der Waals surface area contributed by atoms with E-state index in [0.717, 1.165) is 19.5 Å². The van der Waals surface area contributed by atoms with Gasteiger partial charge >= 0.3 is 0 Å². The van der Waals surface area contributed by atoms with Crippen LogP contribution in [0.15, 0.2) is 24.3 Å². The molecule has 5 nitrogen and oxygen atoms in total. The van der Waals surface area contributed by atoms with E-state index in [9.17, 15) is 9.59 Å². The Morgan fingerprint density at radius 3 is 2.65 bits per heavy atom. The summed E-state index contributed by atoms with van der Waals surface area (Å²) in [5.74, 6) is -0.00750. The van der Waals surface area contributed by atoms with Crippen molar-refractivity contribution in [2.45, 2.75) is 25.3 Å². The van der Waals surface area contributed by atoms with Gasteiger partial charge in [-0.15, -0.1) is 12.4 Å². The molecule has 1 atom stereocenters. The molecule has 1 aromatic carbocycles. The Balaban J connectivity index is 0.00000264. The summed E-state index contributed by atoms with van der Waals surface area (Å²) < 4.78 is 0. The van der Waals surface area contributed by atoms with Gasteiger partial charge in [-0.25, -0.2) is 0 Å². The van der Waals surface area contributed by atoms with E-state index in [1.54, 1.807) is 24.3 Å². The first-order chi connectivity index (χ1) is 10.6. The fraction of sp³-hybridized carbons (Fsp3) is 0.500. The zero-order chi connectivity index (χ0) is 15.9. The molecular weight excluding hydrogens is 337 g/mol. The zero-order valence-electron chi connectivity index (χ0n) is 13.2. The van der Waals surface area contributed by atoms with Gasteiger partial charge in [-0.2, -0.15) is 0 Å². The van der Waals surface area contributed by atoms with Gasteiger partial charge in [0.1, 0.15) is 0 Å². The summed E-state index contributed by atoms with van der Waals surface area (Å²) in [5, 5.41) is 6.67. The van der Waals surface area contributed by atoms with Crippen LogP contribution in [0, 0.1) is 0 Å². The number of benzene rings is 1. The standard InChI is InChI=1S/C16H22ClN3O2.ClH/c1-20(14-8-10-18-11-14)15(21)3-2-9-19-16(22)12-4-6-13(17)7-5-12;/h4-7,14,18H,2-3,8-11H2,1H3,(H,19,22);1H. The highest BCUT2D eigenvalue weighted by molar-refractivity contribution is 6.30. The van der Waals surface area contributed by atoms with E-state index >= 15 is 0 Å². The summed E-state index contributed by atoms with van der Waals surface area (Å²) in [6, 6.07) is 7.04. The molecule has 1 aromatic rings. The summed E-state index contributed by atoms with van der Waals surface area (Å²) in [6.45, 7) is 2.33. The predicted octanol–water partition coefficient (Wildman–Crippen LogP) is 2.09. The highest BCUT2D eigenvalue weighted by atomic mass is 35.5. The molecule has 1 fully saturated rings. The highest BCUT2D eigenvalue weighted by Gasteiger charge is 2.22. The van der Waals surface area contributed by atoms with Crippen LogP contribution in [0.4, 0.5) is 0 Å². The lowest BCUT2D eigenvalue weighted by Gasteiger charge is -2.23. The Bertz CT molecular complexity index is 517. The lowest BCUT2D eigenvalue weighted by atomic mass is 10.2. The van der Waals surface area contributed by atoms with Gasteiger partial charge in [-0.05, 0) is 43.7 Å². The molecular formula is C16H23Cl2N3O2. The summed E-state index contributed by atoms with van der Waals surface area (Å²) in [6.07, 6.45) is 2.10. The van der Waals surface area contributed by atoms with Crippen molar-refractivity contribution >= 4 is 35.8 Å². The van der Waals surface area contributed by atoms with Gasteiger partial charge in [0.25, 0.3) is 5.91 Å². The van der Waals surface area contributed by atoms with Crippen molar-refractivity contribution in [3.05, 3.63) is 34.9 Å². The minimum Gasteiger partial charge on any atom is -0.352 e. The molecule has 1 aliphatic rings. The van der Waals surface area contributed by atoms with Crippen LogP contribution in [0.2, 0.25) is 5.02 Å². The van der Waals surface area contributed by atoms with Crippen LogP contribution in [0.25, 0.3) is 0 Å². The molecule has 128 valence electrons. The van der Waals surface area contributed by atoms with E-state index in [2.05, 4.69) is 10.6 Å². The molecule has 2 rings (SSSR count). The van der Waals surface area contributed by atoms with Crippen LogP contribution in [-0.4, -0.2) is 49.4 Å². The maximum atomic E-state index is 12.1. The minimum atomic E-state index is -0.141. The van der Waals surface area contributed by atoms with Crippen LogP contribution < -0.4 is 10.6 Å². The molecule has 1 aliphatic heterocycles. The number of halogens is 2. The fourth-order valence-electron chi connectivity index (χ4n) is 2.49. The van der Waals surface area contributed by atoms with Gasteiger partial charge in [0.2, 0.25) is 5.91 Å². The van der Waals surface area contributed by atoms with E-state index in [0.29, 0.717) is 36.0 Å². The van der Waals surface area contributed by atoms with Gasteiger partial charge < -0.3 is 15.5 Å². The van der Waals surface area contributed by atoms with Crippen LogP contribution in [0.3, 0.4) is 0 Å². The number of rotatable bonds is 6. The number of amides is 2. The maximum Gasteiger partial charge on any atom is 0.251 e. The van der Waals surface area contributed by atoms with Gasteiger partial charge in [0, 0.05) is 43.2 Å². The molecule has 7 heteroatoms. The lowest BCUT2D eigenvalue weighted by molar-refractivity contribution is -0.131. The second kappa shape index (κ2) is 9.75. The number of likely N-dealkylation sites (N-methyl/N-ethyl adjacent to an activating group) is 1. The fourth-order valence-corrected chi connectivity index (χ4v) is 2.62. The van der Waals surface area contributed by atoms with Gasteiger partial charge in [0.15, 0.2) is 0 Å². The molecule has 23 heavy (non-hydrogen) atoms. The largest absolute Gasteiger partial charge is 0.352 e. The summed E-state index contributed by atoms with van der Waals surface area (Å²) >= 11 is 5.78. The van der Waals surface area contributed by atoms with Crippen LogP contribution in [0.5, 0.6) is 0 Å². The Kier molecular flexibility index (Phi) is 8.37. The summed E-state index contributed by atoms with van der Waals surface area (Å²) in [7, 11) is 1.85. The smallest absolute Gasteiger partial charge is 0.251 e. The molecule has 0 saturated carbocycles. The van der Waals surface area contributed by atoms with Crippen LogP contribution in [-0.2, 0) is 4.79 Å². The maximum absolute atomic E-state index is 12.1. The van der Waals surface area contributed by atoms with Crippen molar-refractivity contribution in [1.82, 2.24) is 15.5 Å². The first-order valence-electron chi connectivity index (χ1n) is 7.58. The molecule has 0 radical (unpaired) electrons.